The molecule has 106 valence electrons. The van der Waals surface area contributed by atoms with Crippen molar-refractivity contribution in [2.24, 2.45) is 5.73 Å². The molecular weight excluding hydrogens is 270 g/mol. The summed E-state index contributed by atoms with van der Waals surface area (Å²) in [5.41, 5.74) is 8.91. The van der Waals surface area contributed by atoms with Crippen LogP contribution in [0.15, 0.2) is 47.4 Å². The highest BCUT2D eigenvalue weighted by Crippen LogP contribution is 2.24. The molecule has 1 unspecified atom stereocenters. The van der Waals surface area contributed by atoms with Gasteiger partial charge in [-0.15, -0.1) is 0 Å². The average Bonchev–Trinajstić information content (AvgIpc) is 2.49. The summed E-state index contributed by atoms with van der Waals surface area (Å²) in [4.78, 5) is 0.734. The highest BCUT2D eigenvalue weighted by molar-refractivity contribution is 7.84. The van der Waals surface area contributed by atoms with Crippen LogP contribution in [0.1, 0.15) is 16.7 Å². The predicted octanol–water partition coefficient (Wildman–Crippen LogP) is 2.77. The van der Waals surface area contributed by atoms with Gasteiger partial charge in [0.25, 0.3) is 0 Å². The normalized spacial score (nSPS) is 12.2. The minimum atomic E-state index is -1.12. The summed E-state index contributed by atoms with van der Waals surface area (Å²) in [7, 11) is 0.474. The zero-order valence-electron chi connectivity index (χ0n) is 11.8. The minimum absolute atomic E-state index is 0.483. The first-order valence-electron chi connectivity index (χ1n) is 6.45. The Labute approximate surface area is 122 Å². The lowest BCUT2D eigenvalue weighted by Gasteiger charge is -2.10. The smallest absolute Gasteiger partial charge is 0.134 e. The quantitative estimate of drug-likeness (QED) is 0.921. The van der Waals surface area contributed by atoms with Crippen molar-refractivity contribution in [2.45, 2.75) is 24.1 Å². The molecule has 0 saturated heterocycles. The second-order valence-electron chi connectivity index (χ2n) is 4.61. The minimum Gasteiger partial charge on any atom is -0.495 e. The van der Waals surface area contributed by atoms with Gasteiger partial charge in [0.05, 0.1) is 28.6 Å². The SMILES string of the molecule is COc1ccccc1S(=O)Cc1ccc(CN)cc1C. The number of aryl methyl sites for hydroxylation is 1. The summed E-state index contributed by atoms with van der Waals surface area (Å²) in [6, 6.07) is 13.5. The summed E-state index contributed by atoms with van der Waals surface area (Å²) in [5.74, 6) is 1.15. The molecule has 2 rings (SSSR count). The molecule has 2 aromatic rings. The molecule has 0 fully saturated rings. The Bertz CT molecular complexity index is 626. The van der Waals surface area contributed by atoms with E-state index in [0.717, 1.165) is 21.6 Å². The molecule has 3 nitrogen and oxygen atoms in total. The summed E-state index contributed by atoms with van der Waals surface area (Å²) in [6.07, 6.45) is 0. The number of rotatable bonds is 5. The topological polar surface area (TPSA) is 52.3 Å². The number of para-hydroxylation sites is 1. The summed E-state index contributed by atoms with van der Waals surface area (Å²) in [6.45, 7) is 2.55. The average molecular weight is 289 g/mol. The number of hydrogen-bond acceptors (Lipinski definition) is 3. The Kier molecular flexibility index (Phi) is 4.93. The standard InChI is InChI=1S/C16H19NO2S/c1-12-9-13(10-17)7-8-14(12)11-20(18)16-6-4-3-5-15(16)19-2/h3-9H,10-11,17H2,1-2H3. The van der Waals surface area contributed by atoms with E-state index in [4.69, 9.17) is 10.5 Å². The van der Waals surface area contributed by atoms with Crippen LogP contribution in [0.2, 0.25) is 0 Å². The van der Waals surface area contributed by atoms with Crippen molar-refractivity contribution in [2.75, 3.05) is 7.11 Å². The van der Waals surface area contributed by atoms with Crippen LogP contribution >= 0.6 is 0 Å². The van der Waals surface area contributed by atoms with Crippen molar-refractivity contribution >= 4 is 10.8 Å². The van der Waals surface area contributed by atoms with Crippen molar-refractivity contribution in [3.8, 4) is 5.75 Å². The van der Waals surface area contributed by atoms with Crippen LogP contribution in [0.25, 0.3) is 0 Å². The second kappa shape index (κ2) is 6.68. The molecule has 4 heteroatoms. The predicted molar refractivity (Wildman–Crippen MR) is 82.2 cm³/mol. The molecule has 2 N–H and O–H groups in total. The van der Waals surface area contributed by atoms with Gasteiger partial charge in [0.15, 0.2) is 0 Å². The van der Waals surface area contributed by atoms with Crippen LogP contribution in [-0.4, -0.2) is 11.3 Å². The fourth-order valence-electron chi connectivity index (χ4n) is 2.07. The molecule has 0 aliphatic carbocycles. The van der Waals surface area contributed by atoms with E-state index in [9.17, 15) is 4.21 Å². The van der Waals surface area contributed by atoms with E-state index in [2.05, 4.69) is 6.07 Å². The number of nitrogens with two attached hydrogens (primary N) is 1. The fourth-order valence-corrected chi connectivity index (χ4v) is 3.44. The second-order valence-corrected chi connectivity index (χ2v) is 6.03. The van der Waals surface area contributed by atoms with Gasteiger partial charge in [-0.1, -0.05) is 30.3 Å². The maximum absolute atomic E-state index is 12.5. The van der Waals surface area contributed by atoms with E-state index in [0.29, 0.717) is 18.0 Å². The van der Waals surface area contributed by atoms with Gasteiger partial charge in [0, 0.05) is 6.54 Å². The third-order valence-corrected chi connectivity index (χ3v) is 4.64. The molecule has 1 atom stereocenters. The molecule has 0 aliphatic heterocycles. The van der Waals surface area contributed by atoms with E-state index in [1.54, 1.807) is 7.11 Å². The molecule has 0 amide bonds. The van der Waals surface area contributed by atoms with Crippen molar-refractivity contribution in [3.05, 3.63) is 59.2 Å². The van der Waals surface area contributed by atoms with Gasteiger partial charge in [0.1, 0.15) is 5.75 Å². The Balaban J connectivity index is 2.23. The lowest BCUT2D eigenvalue weighted by atomic mass is 10.1. The fraction of sp³-hybridized carbons (Fsp3) is 0.250. The van der Waals surface area contributed by atoms with Crippen molar-refractivity contribution in [3.63, 3.8) is 0 Å². The van der Waals surface area contributed by atoms with Crippen LogP contribution in [0, 0.1) is 6.92 Å². The van der Waals surface area contributed by atoms with Gasteiger partial charge < -0.3 is 10.5 Å². The lowest BCUT2D eigenvalue weighted by molar-refractivity contribution is 0.404. The largest absolute Gasteiger partial charge is 0.495 e. The number of hydrogen-bond donors (Lipinski definition) is 1. The number of methoxy groups -OCH3 is 1. The Morgan fingerprint density at radius 1 is 1.20 bits per heavy atom. The maximum atomic E-state index is 12.5. The Morgan fingerprint density at radius 3 is 2.60 bits per heavy atom. The van der Waals surface area contributed by atoms with Crippen LogP contribution in [0.5, 0.6) is 5.75 Å². The van der Waals surface area contributed by atoms with Gasteiger partial charge in [-0.05, 0) is 35.7 Å². The molecular formula is C16H19NO2S. The van der Waals surface area contributed by atoms with Gasteiger partial charge in [0.2, 0.25) is 0 Å². The monoisotopic (exact) mass is 289 g/mol. The summed E-state index contributed by atoms with van der Waals surface area (Å²) >= 11 is 0. The van der Waals surface area contributed by atoms with E-state index in [1.165, 1.54) is 0 Å². The first-order chi connectivity index (χ1) is 9.65. The molecule has 0 bridgehead atoms. The number of benzene rings is 2. The Hall–Kier alpha value is -1.65. The molecule has 0 saturated carbocycles. The first-order valence-corrected chi connectivity index (χ1v) is 7.77. The highest BCUT2D eigenvalue weighted by Gasteiger charge is 2.12. The molecule has 20 heavy (non-hydrogen) atoms. The van der Waals surface area contributed by atoms with Gasteiger partial charge in [-0.3, -0.25) is 4.21 Å². The Morgan fingerprint density at radius 2 is 1.95 bits per heavy atom. The summed E-state index contributed by atoms with van der Waals surface area (Å²) in [5, 5.41) is 0. The lowest BCUT2D eigenvalue weighted by Crippen LogP contribution is -2.02. The zero-order chi connectivity index (χ0) is 14.5. The van der Waals surface area contributed by atoms with Crippen LogP contribution < -0.4 is 10.5 Å². The third-order valence-electron chi connectivity index (χ3n) is 3.24. The van der Waals surface area contributed by atoms with E-state index in [-0.39, 0.29) is 0 Å². The highest BCUT2D eigenvalue weighted by atomic mass is 32.2. The molecule has 2 aromatic carbocycles. The molecule has 0 aromatic heterocycles. The molecule has 0 spiro atoms. The van der Waals surface area contributed by atoms with E-state index < -0.39 is 10.8 Å². The molecule has 0 aliphatic rings. The van der Waals surface area contributed by atoms with Gasteiger partial charge in [-0.2, -0.15) is 0 Å². The first kappa shape index (κ1) is 14.8. The van der Waals surface area contributed by atoms with Gasteiger partial charge in [-0.25, -0.2) is 0 Å². The maximum Gasteiger partial charge on any atom is 0.134 e. The molecule has 0 heterocycles. The van der Waals surface area contributed by atoms with Crippen molar-refractivity contribution in [1.29, 1.82) is 0 Å². The zero-order valence-corrected chi connectivity index (χ0v) is 12.6. The van der Waals surface area contributed by atoms with Crippen molar-refractivity contribution < 1.29 is 8.95 Å². The van der Waals surface area contributed by atoms with Gasteiger partial charge >= 0.3 is 0 Å². The van der Waals surface area contributed by atoms with Crippen LogP contribution in [0.4, 0.5) is 0 Å². The third kappa shape index (κ3) is 3.26. The van der Waals surface area contributed by atoms with Crippen molar-refractivity contribution in [1.82, 2.24) is 0 Å². The number of ether oxygens (including phenoxy) is 1. The van der Waals surface area contributed by atoms with Crippen LogP contribution in [-0.2, 0) is 23.1 Å². The molecule has 0 radical (unpaired) electrons. The van der Waals surface area contributed by atoms with Crippen LogP contribution in [0.3, 0.4) is 0 Å². The van der Waals surface area contributed by atoms with E-state index in [1.807, 2.05) is 43.3 Å². The summed E-state index contributed by atoms with van der Waals surface area (Å²) < 4.78 is 17.8. The van der Waals surface area contributed by atoms with E-state index >= 15 is 0 Å².